The van der Waals surface area contributed by atoms with Crippen LogP contribution in [0.4, 0.5) is 11.4 Å². The summed E-state index contributed by atoms with van der Waals surface area (Å²) in [5.74, 6) is -8.02. The largest absolute Gasteiger partial charge is 0.507 e. The molecule has 0 aliphatic carbocycles. The molecule has 0 fully saturated rings. The lowest BCUT2D eigenvalue weighted by Crippen LogP contribution is -2.46. The molecule has 5 bridgehead atoms. The first-order valence-electron chi connectivity index (χ1n) is 20.1. The number of ketones is 1. The number of nitrogens with zero attached hydrogens (tertiary/aromatic N) is 1. The molecule has 0 saturated carbocycles. The lowest BCUT2D eigenvalue weighted by Gasteiger charge is -2.38. The first-order valence-corrected chi connectivity index (χ1v) is 20.1. The van der Waals surface area contributed by atoms with Crippen molar-refractivity contribution in [3.05, 3.63) is 77.1 Å². The second-order valence-corrected chi connectivity index (χ2v) is 15.8. The molecule has 328 valence electrons. The smallest absolute Gasteiger partial charge is 0.312 e. The van der Waals surface area contributed by atoms with Crippen LogP contribution in [0.5, 0.6) is 28.7 Å². The van der Waals surface area contributed by atoms with Crippen molar-refractivity contribution < 1.29 is 63.6 Å². The van der Waals surface area contributed by atoms with E-state index in [2.05, 4.69) is 10.3 Å². The number of anilines is 1. The number of allylic oxidation sites excluding steroid dienone is 2. The zero-order valence-corrected chi connectivity index (χ0v) is 36.0. The van der Waals surface area contributed by atoms with Crippen molar-refractivity contribution in [2.75, 3.05) is 19.0 Å². The summed E-state index contributed by atoms with van der Waals surface area (Å²) in [7, 11) is 1.43. The predicted octanol–water partition coefficient (Wildman–Crippen LogP) is 6.90. The summed E-state index contributed by atoms with van der Waals surface area (Å²) in [6.45, 7) is 14.7. The topological polar surface area (TPSA) is 223 Å². The molecule has 61 heavy (non-hydrogen) atoms. The van der Waals surface area contributed by atoms with Gasteiger partial charge in [0.05, 0.1) is 59.1 Å². The van der Waals surface area contributed by atoms with Crippen molar-refractivity contribution in [2.45, 2.75) is 92.5 Å². The molecule has 3 aliphatic heterocycles. The Morgan fingerprint density at radius 3 is 2.23 bits per heavy atom. The highest BCUT2D eigenvalue weighted by molar-refractivity contribution is 6.24. The van der Waals surface area contributed by atoms with Crippen LogP contribution in [0.25, 0.3) is 10.8 Å². The lowest BCUT2D eigenvalue weighted by atomic mass is 9.78. The van der Waals surface area contributed by atoms with E-state index < -0.39 is 88.8 Å². The van der Waals surface area contributed by atoms with Crippen molar-refractivity contribution in [3.63, 3.8) is 0 Å². The number of esters is 1. The Bertz CT molecular complexity index is 2280. The molecular weight excluding hydrogens is 789 g/mol. The second-order valence-electron chi connectivity index (χ2n) is 15.8. The van der Waals surface area contributed by atoms with E-state index >= 15 is 0 Å². The Balaban J connectivity index is 1.72. The van der Waals surface area contributed by atoms with Crippen LogP contribution in [-0.2, 0) is 23.8 Å². The minimum atomic E-state index is -2.07. The number of Topliss-reactive ketones (excluding diaryl/α,β-unsaturated/α-hetero) is 1. The van der Waals surface area contributed by atoms with Gasteiger partial charge in [0.1, 0.15) is 29.1 Å². The molecule has 9 atom stereocenters. The Labute approximate surface area is 355 Å². The number of hydrogen-bond acceptors (Lipinski definition) is 14. The van der Waals surface area contributed by atoms with E-state index in [0.29, 0.717) is 18.0 Å². The van der Waals surface area contributed by atoms with Gasteiger partial charge in [0.2, 0.25) is 0 Å². The van der Waals surface area contributed by atoms with Gasteiger partial charge in [-0.2, -0.15) is 0 Å². The second kappa shape index (κ2) is 18.8. The summed E-state index contributed by atoms with van der Waals surface area (Å²) in [6, 6.07) is 6.71. The number of ether oxygens (including phenoxy) is 5. The number of phenolic OH excluding ortho intramolecular Hbond substituents is 3. The summed E-state index contributed by atoms with van der Waals surface area (Å²) in [5.41, 5.74) is -0.125. The predicted molar refractivity (Wildman–Crippen MR) is 229 cm³/mol. The Kier molecular flexibility index (Phi) is 14.2. The van der Waals surface area contributed by atoms with Crippen LogP contribution >= 0.6 is 0 Å². The summed E-state index contributed by atoms with van der Waals surface area (Å²) in [4.78, 5) is 45.1. The maximum absolute atomic E-state index is 14.5. The number of amides is 1. The normalized spacial score (nSPS) is 29.4. The van der Waals surface area contributed by atoms with E-state index in [4.69, 9.17) is 23.7 Å². The van der Waals surface area contributed by atoms with E-state index in [1.54, 1.807) is 64.1 Å². The molecule has 15 nitrogen and oxygen atoms in total. The minimum Gasteiger partial charge on any atom is -0.507 e. The maximum atomic E-state index is 14.5. The SMILES string of the molecule is CCOc1ccc(N=Cc2c3c(O)c4c(O)c(C)c5c(c4c2O)C(=O)[C@@](C)(O/C=C/[C@H](OC)[C@@H](C)[C@@H](OC(C)=O)[C@H](C)[C@@H](O)[C@H](C)[C@H](O)[C@H](C)/C=C/C=C(/C)C(=O)N3)O5)cc1. The zero-order chi connectivity index (χ0) is 45.1. The molecule has 0 radical (unpaired) electrons. The molecule has 0 unspecified atom stereocenters. The lowest BCUT2D eigenvalue weighted by molar-refractivity contribution is -0.160. The molecule has 15 heteroatoms. The highest BCUT2D eigenvalue weighted by Crippen LogP contribution is 2.55. The molecule has 0 saturated heterocycles. The van der Waals surface area contributed by atoms with E-state index in [9.17, 15) is 39.9 Å². The number of phenols is 3. The fraction of sp³-hybridized carbons (Fsp3) is 0.435. The fourth-order valence-corrected chi connectivity index (χ4v) is 7.81. The Morgan fingerprint density at radius 2 is 1.61 bits per heavy atom. The van der Waals surface area contributed by atoms with E-state index in [0.717, 1.165) is 0 Å². The number of methoxy groups -OCH3 is 1. The summed E-state index contributed by atoms with van der Waals surface area (Å²) in [5, 5.41) is 60.5. The first kappa shape index (κ1) is 46.2. The minimum absolute atomic E-state index is 0.0346. The van der Waals surface area contributed by atoms with Crippen LogP contribution in [0, 0.1) is 30.6 Å². The van der Waals surface area contributed by atoms with Crippen LogP contribution in [0.3, 0.4) is 0 Å². The van der Waals surface area contributed by atoms with Gasteiger partial charge in [-0.05, 0) is 51.1 Å². The Morgan fingerprint density at radius 1 is 0.934 bits per heavy atom. The van der Waals surface area contributed by atoms with Gasteiger partial charge in [0.15, 0.2) is 5.75 Å². The molecular formula is C46H56N2O13. The number of aliphatic imine (C=N–C) groups is 1. The highest BCUT2D eigenvalue weighted by atomic mass is 16.7. The molecule has 0 aromatic heterocycles. The number of carbonyl (C=O) groups excluding carboxylic acids is 3. The van der Waals surface area contributed by atoms with Gasteiger partial charge in [0, 0.05) is 67.4 Å². The maximum Gasteiger partial charge on any atom is 0.312 e. The average molecular weight is 845 g/mol. The molecule has 3 heterocycles. The van der Waals surface area contributed by atoms with Gasteiger partial charge in [-0.3, -0.25) is 19.4 Å². The van der Waals surface area contributed by atoms with Gasteiger partial charge < -0.3 is 54.5 Å². The van der Waals surface area contributed by atoms with Crippen LogP contribution in [0.2, 0.25) is 0 Å². The van der Waals surface area contributed by atoms with Crippen molar-refractivity contribution in [1.29, 1.82) is 0 Å². The van der Waals surface area contributed by atoms with Gasteiger partial charge in [-0.1, -0.05) is 45.9 Å². The number of aromatic hydroxyl groups is 3. The third kappa shape index (κ3) is 9.24. The van der Waals surface area contributed by atoms with Crippen molar-refractivity contribution in [2.24, 2.45) is 28.7 Å². The molecule has 3 aromatic rings. The van der Waals surface area contributed by atoms with Crippen molar-refractivity contribution in [3.8, 4) is 28.7 Å². The van der Waals surface area contributed by atoms with Gasteiger partial charge in [-0.15, -0.1) is 0 Å². The molecule has 0 spiro atoms. The van der Waals surface area contributed by atoms with E-state index in [1.165, 1.54) is 59.4 Å². The van der Waals surface area contributed by atoms with Crippen molar-refractivity contribution in [1.82, 2.24) is 0 Å². The van der Waals surface area contributed by atoms with Crippen LogP contribution < -0.4 is 14.8 Å². The van der Waals surface area contributed by atoms with Crippen LogP contribution in [-0.4, -0.2) is 93.3 Å². The van der Waals surface area contributed by atoms with Crippen LogP contribution in [0.15, 0.2) is 65.4 Å². The van der Waals surface area contributed by atoms with Gasteiger partial charge >= 0.3 is 11.8 Å². The molecule has 6 rings (SSSR count). The summed E-state index contributed by atoms with van der Waals surface area (Å²) in [6.07, 6.45) is 4.66. The number of aliphatic hydroxyl groups excluding tert-OH is 2. The third-order valence-electron chi connectivity index (χ3n) is 11.5. The monoisotopic (exact) mass is 844 g/mol. The standard InChI is InChI=1S/C46H56N2O13/c1-11-58-30-17-15-29(16-18-30)47-21-31-36-41(54)34-33(40(31)53)35-43(27(7)39(34)52)61-46(9,44(35)55)59-20-19-32(57-10)24(4)42(60-28(8)49)26(6)38(51)25(5)37(50)22(2)13-12-14-23(3)45(56)48-36/h12-22,24-26,32,37-38,42,50-54H,11H2,1-10H3,(H,48,56)/b13-12+,20-19+,23-14-,47-21?/t22-,24-,25-,26-,32+,37-,38+,42-,46+/m1/s1. The Hall–Kier alpha value is -5.90. The number of fused-ring (bicyclic) bond motifs is 14. The number of aliphatic hydroxyl groups is 2. The summed E-state index contributed by atoms with van der Waals surface area (Å²) >= 11 is 0. The highest BCUT2D eigenvalue weighted by Gasteiger charge is 2.50. The number of hydrogen-bond donors (Lipinski definition) is 6. The first-order chi connectivity index (χ1) is 28.8. The number of carbonyl (C=O) groups is 3. The summed E-state index contributed by atoms with van der Waals surface area (Å²) < 4.78 is 29.1. The van der Waals surface area contributed by atoms with Gasteiger partial charge in [0.25, 0.3) is 11.7 Å². The third-order valence-corrected chi connectivity index (χ3v) is 11.5. The molecule has 3 aliphatic rings. The quantitative estimate of drug-likeness (QED) is 0.0644. The van der Waals surface area contributed by atoms with Gasteiger partial charge in [-0.25, -0.2) is 0 Å². The number of benzene rings is 3. The fourth-order valence-electron chi connectivity index (χ4n) is 7.81. The molecule has 1 amide bonds. The number of nitrogens with one attached hydrogen (secondary N) is 1. The average Bonchev–Trinajstić information content (AvgIpc) is 3.49. The van der Waals surface area contributed by atoms with E-state index in [1.807, 2.05) is 6.92 Å². The van der Waals surface area contributed by atoms with E-state index in [-0.39, 0.29) is 44.5 Å². The van der Waals surface area contributed by atoms with Crippen molar-refractivity contribution >= 4 is 46.0 Å². The molecule has 3 aromatic carbocycles. The molecule has 6 N–H and O–H groups in total. The zero-order valence-electron chi connectivity index (χ0n) is 36.0. The van der Waals surface area contributed by atoms with Crippen LogP contribution in [0.1, 0.15) is 76.9 Å². The number of rotatable bonds is 6.